The molecule has 20 heavy (non-hydrogen) atoms. The van der Waals surface area contributed by atoms with E-state index >= 15 is 0 Å². The molecule has 0 radical (unpaired) electrons. The Balaban J connectivity index is 1.55. The van der Waals surface area contributed by atoms with Crippen LogP contribution in [0.4, 0.5) is 0 Å². The van der Waals surface area contributed by atoms with Crippen LogP contribution in [-0.2, 0) is 4.79 Å². The highest BCUT2D eigenvalue weighted by Gasteiger charge is 2.28. The van der Waals surface area contributed by atoms with E-state index in [0.717, 1.165) is 57.0 Å². The summed E-state index contributed by atoms with van der Waals surface area (Å²) in [6.07, 6.45) is 5.20. The predicted octanol–water partition coefficient (Wildman–Crippen LogP) is 1.20. The van der Waals surface area contributed by atoms with Gasteiger partial charge >= 0.3 is 0 Å². The predicted molar refractivity (Wildman–Crippen MR) is 76.4 cm³/mol. The van der Waals surface area contributed by atoms with E-state index in [1.165, 1.54) is 0 Å². The summed E-state index contributed by atoms with van der Waals surface area (Å²) in [5.74, 6) is 1.59. The lowest BCUT2D eigenvalue weighted by molar-refractivity contribution is -0.131. The summed E-state index contributed by atoms with van der Waals surface area (Å²) >= 11 is 0. The van der Waals surface area contributed by atoms with Gasteiger partial charge < -0.3 is 4.90 Å². The Morgan fingerprint density at radius 3 is 2.90 bits per heavy atom. The number of carbonyl (C=O) groups excluding carboxylic acids is 1. The highest BCUT2D eigenvalue weighted by atomic mass is 16.2. The lowest BCUT2D eigenvalue weighted by Crippen LogP contribution is -2.37. The van der Waals surface area contributed by atoms with Gasteiger partial charge in [-0.2, -0.15) is 0 Å². The number of hydrogen-bond acceptors (Lipinski definition) is 4. The summed E-state index contributed by atoms with van der Waals surface area (Å²) in [5.41, 5.74) is 1.02. The van der Waals surface area contributed by atoms with Crippen molar-refractivity contribution in [1.82, 2.24) is 19.8 Å². The molecule has 0 spiro atoms. The molecule has 3 heterocycles. The molecule has 1 aromatic rings. The quantitative estimate of drug-likeness (QED) is 0.831. The van der Waals surface area contributed by atoms with Crippen LogP contribution in [0.3, 0.4) is 0 Å². The number of nitrogens with zero attached hydrogens (tertiary/aromatic N) is 4. The smallest absolute Gasteiger partial charge is 0.236 e. The number of amides is 1. The molecule has 0 N–H and O–H groups in total. The Kier molecular flexibility index (Phi) is 3.96. The normalized spacial score (nSPS) is 23.4. The van der Waals surface area contributed by atoms with E-state index in [1.54, 1.807) is 0 Å². The molecule has 0 aromatic carbocycles. The Bertz CT molecular complexity index is 485. The fourth-order valence-corrected chi connectivity index (χ4v) is 3.11. The SMILES string of the molecule is Cc1ccnc(C2CCN(CC(=O)N3CCCC3)C2)n1. The molecule has 2 aliphatic rings. The number of aromatic nitrogens is 2. The molecule has 2 fully saturated rings. The Labute approximate surface area is 120 Å². The Hall–Kier alpha value is -1.49. The zero-order valence-electron chi connectivity index (χ0n) is 12.1. The van der Waals surface area contributed by atoms with Gasteiger partial charge in [0.1, 0.15) is 5.82 Å². The van der Waals surface area contributed by atoms with Gasteiger partial charge in [-0.15, -0.1) is 0 Å². The second-order valence-corrected chi connectivity index (χ2v) is 5.86. The van der Waals surface area contributed by atoms with E-state index in [1.807, 2.05) is 24.1 Å². The fraction of sp³-hybridized carbons (Fsp3) is 0.667. The van der Waals surface area contributed by atoms with Gasteiger partial charge in [0, 0.05) is 37.4 Å². The van der Waals surface area contributed by atoms with Crippen LogP contribution >= 0.6 is 0 Å². The number of hydrogen-bond donors (Lipinski definition) is 0. The van der Waals surface area contributed by atoms with E-state index in [0.29, 0.717) is 12.5 Å². The van der Waals surface area contributed by atoms with Crippen LogP contribution in [0.15, 0.2) is 12.3 Å². The minimum atomic E-state index is 0.285. The van der Waals surface area contributed by atoms with Crippen LogP contribution in [0.25, 0.3) is 0 Å². The molecule has 1 atom stereocenters. The summed E-state index contributed by atoms with van der Waals surface area (Å²) in [5, 5.41) is 0. The molecule has 1 unspecified atom stereocenters. The average Bonchev–Trinajstić information content (AvgIpc) is 3.10. The fourth-order valence-electron chi connectivity index (χ4n) is 3.11. The van der Waals surface area contributed by atoms with Crippen LogP contribution in [0.2, 0.25) is 0 Å². The number of aryl methyl sites for hydroxylation is 1. The number of rotatable bonds is 3. The molecule has 3 rings (SSSR count). The van der Waals surface area contributed by atoms with Crippen molar-refractivity contribution in [3.05, 3.63) is 23.8 Å². The molecular weight excluding hydrogens is 252 g/mol. The van der Waals surface area contributed by atoms with Crippen molar-refractivity contribution >= 4 is 5.91 Å². The topological polar surface area (TPSA) is 49.3 Å². The first-order chi connectivity index (χ1) is 9.72. The maximum Gasteiger partial charge on any atom is 0.236 e. The zero-order valence-corrected chi connectivity index (χ0v) is 12.1. The first-order valence-corrected chi connectivity index (χ1v) is 7.52. The number of carbonyl (C=O) groups is 1. The summed E-state index contributed by atoms with van der Waals surface area (Å²) in [6, 6.07) is 1.92. The third-order valence-corrected chi connectivity index (χ3v) is 4.27. The Morgan fingerprint density at radius 1 is 1.35 bits per heavy atom. The highest BCUT2D eigenvalue weighted by molar-refractivity contribution is 5.78. The van der Waals surface area contributed by atoms with Gasteiger partial charge in [-0.05, 0) is 38.8 Å². The van der Waals surface area contributed by atoms with E-state index in [9.17, 15) is 4.79 Å². The highest BCUT2D eigenvalue weighted by Crippen LogP contribution is 2.24. The van der Waals surface area contributed by atoms with E-state index in [2.05, 4.69) is 14.9 Å². The van der Waals surface area contributed by atoms with E-state index in [4.69, 9.17) is 0 Å². The van der Waals surface area contributed by atoms with Crippen LogP contribution in [0.1, 0.15) is 36.7 Å². The minimum Gasteiger partial charge on any atom is -0.342 e. The van der Waals surface area contributed by atoms with Gasteiger partial charge in [0.15, 0.2) is 0 Å². The summed E-state index contributed by atoms with van der Waals surface area (Å²) in [6.45, 7) is 6.32. The maximum atomic E-state index is 12.2. The average molecular weight is 274 g/mol. The third kappa shape index (κ3) is 2.98. The van der Waals surface area contributed by atoms with Crippen molar-refractivity contribution in [3.8, 4) is 0 Å². The molecule has 1 amide bonds. The summed E-state index contributed by atoms with van der Waals surface area (Å²) < 4.78 is 0. The monoisotopic (exact) mass is 274 g/mol. The van der Waals surface area contributed by atoms with Crippen molar-refractivity contribution in [1.29, 1.82) is 0 Å². The molecule has 2 saturated heterocycles. The molecule has 108 valence electrons. The molecular formula is C15H22N4O. The van der Waals surface area contributed by atoms with Crippen LogP contribution in [0.5, 0.6) is 0 Å². The summed E-state index contributed by atoms with van der Waals surface area (Å²) in [4.78, 5) is 25.3. The van der Waals surface area contributed by atoms with E-state index in [-0.39, 0.29) is 5.91 Å². The van der Waals surface area contributed by atoms with Crippen molar-refractivity contribution in [2.75, 3.05) is 32.7 Å². The summed E-state index contributed by atoms with van der Waals surface area (Å²) in [7, 11) is 0. The van der Waals surface area contributed by atoms with Gasteiger partial charge in [0.25, 0.3) is 0 Å². The van der Waals surface area contributed by atoms with Crippen LogP contribution in [-0.4, -0.2) is 58.4 Å². The van der Waals surface area contributed by atoms with Crippen molar-refractivity contribution in [2.45, 2.75) is 32.1 Å². The van der Waals surface area contributed by atoms with Crippen molar-refractivity contribution in [2.24, 2.45) is 0 Å². The Morgan fingerprint density at radius 2 is 2.15 bits per heavy atom. The van der Waals surface area contributed by atoms with Gasteiger partial charge in [-0.3, -0.25) is 9.69 Å². The van der Waals surface area contributed by atoms with Crippen LogP contribution < -0.4 is 0 Å². The maximum absolute atomic E-state index is 12.2. The molecule has 5 heteroatoms. The molecule has 2 aliphatic heterocycles. The second kappa shape index (κ2) is 5.87. The molecule has 5 nitrogen and oxygen atoms in total. The minimum absolute atomic E-state index is 0.285. The van der Waals surface area contributed by atoms with Crippen LogP contribution in [0, 0.1) is 6.92 Å². The molecule has 0 saturated carbocycles. The molecule has 0 aliphatic carbocycles. The number of likely N-dealkylation sites (tertiary alicyclic amines) is 2. The second-order valence-electron chi connectivity index (χ2n) is 5.86. The largest absolute Gasteiger partial charge is 0.342 e. The standard InChI is InChI=1S/C15H22N4O/c1-12-4-6-16-15(17-12)13-5-9-18(10-13)11-14(20)19-7-2-3-8-19/h4,6,13H,2-3,5,7-11H2,1H3. The van der Waals surface area contributed by atoms with Gasteiger partial charge in [0.2, 0.25) is 5.91 Å². The zero-order chi connectivity index (χ0) is 13.9. The lowest BCUT2D eigenvalue weighted by atomic mass is 10.1. The van der Waals surface area contributed by atoms with E-state index < -0.39 is 0 Å². The van der Waals surface area contributed by atoms with Crippen molar-refractivity contribution in [3.63, 3.8) is 0 Å². The first kappa shape index (κ1) is 13.5. The first-order valence-electron chi connectivity index (χ1n) is 7.52. The molecule has 0 bridgehead atoms. The van der Waals surface area contributed by atoms with Gasteiger partial charge in [0.05, 0.1) is 6.54 Å². The lowest BCUT2D eigenvalue weighted by Gasteiger charge is -2.20. The van der Waals surface area contributed by atoms with Gasteiger partial charge in [-0.1, -0.05) is 0 Å². The van der Waals surface area contributed by atoms with Crippen molar-refractivity contribution < 1.29 is 4.79 Å². The molecule has 1 aromatic heterocycles. The van der Waals surface area contributed by atoms with Gasteiger partial charge in [-0.25, -0.2) is 9.97 Å². The third-order valence-electron chi connectivity index (χ3n) is 4.27.